The fourth-order valence-corrected chi connectivity index (χ4v) is 11.4. The van der Waals surface area contributed by atoms with E-state index in [2.05, 4.69) is 254 Å². The molecule has 10 aromatic carbocycles. The van der Waals surface area contributed by atoms with Crippen molar-refractivity contribution in [2.24, 2.45) is 0 Å². The smallest absolute Gasteiger partial charge is 0.0496 e. The van der Waals surface area contributed by atoms with E-state index >= 15 is 0 Å². The molecule has 2 heteroatoms. The Hall–Kier alpha value is -8.20. The van der Waals surface area contributed by atoms with Crippen LogP contribution in [0.2, 0.25) is 0 Å². The third kappa shape index (κ3) is 8.95. The van der Waals surface area contributed by atoms with Crippen LogP contribution in [0.3, 0.4) is 0 Å². The minimum Gasteiger partial charge on any atom is -0.310 e. The lowest BCUT2D eigenvalue weighted by Crippen LogP contribution is -2.17. The van der Waals surface area contributed by atoms with Crippen LogP contribution in [0.4, 0.5) is 34.1 Å². The third-order valence-electron chi connectivity index (χ3n) is 15.3. The molecule has 0 spiro atoms. The maximum Gasteiger partial charge on any atom is 0.0496 e. The number of aryl methyl sites for hydroxylation is 2. The van der Waals surface area contributed by atoms with Crippen molar-refractivity contribution in [3.8, 4) is 55.6 Å². The zero-order chi connectivity index (χ0) is 48.4. The van der Waals surface area contributed by atoms with Crippen molar-refractivity contribution < 1.29 is 0 Å². The van der Waals surface area contributed by atoms with Gasteiger partial charge in [-0.1, -0.05) is 181 Å². The van der Waals surface area contributed by atoms with Gasteiger partial charge in [0.05, 0.1) is 0 Å². The van der Waals surface area contributed by atoms with Crippen LogP contribution in [-0.4, -0.2) is 0 Å². The predicted molar refractivity (Wildman–Crippen MR) is 306 cm³/mol. The van der Waals surface area contributed by atoms with Gasteiger partial charge in [0.15, 0.2) is 0 Å². The van der Waals surface area contributed by atoms with E-state index < -0.39 is 0 Å². The van der Waals surface area contributed by atoms with Gasteiger partial charge in [-0.3, -0.25) is 0 Å². The topological polar surface area (TPSA) is 6.48 Å². The van der Waals surface area contributed by atoms with E-state index in [1.54, 1.807) is 0 Å². The summed E-state index contributed by atoms with van der Waals surface area (Å²) in [5.41, 5.74) is 28.5. The summed E-state index contributed by atoms with van der Waals surface area (Å²) in [6, 6.07) is 85.8. The van der Waals surface area contributed by atoms with Gasteiger partial charge in [0, 0.05) is 34.1 Å². The standard InChI is InChI=1S/C70H60N2/c1-49-21-25-53(26-22-49)57-33-41-61(42-34-57)71(59-37-29-55(30-38-59)51-13-5-3-6-14-51)69-47-45-65(63-17-9-11-19-67(63)69)66-46-48-70(68-20-12-10-18-64(66)68)72(60-39-31-56(32-40-60)52-15-7-4-8-16-52)62-43-35-58(36-44-62)54-27-23-50(2)24-28-54/h3-8,13-16,21-48H,9-12,17-20H2,1-2H3. The molecular weight excluding hydrogens is 869 g/mol. The summed E-state index contributed by atoms with van der Waals surface area (Å²) in [7, 11) is 0. The molecule has 0 fully saturated rings. The number of fused-ring (bicyclic) bond motifs is 2. The third-order valence-corrected chi connectivity index (χ3v) is 15.3. The van der Waals surface area contributed by atoms with Gasteiger partial charge in [-0.2, -0.15) is 0 Å². The highest BCUT2D eigenvalue weighted by atomic mass is 15.2. The summed E-state index contributed by atoms with van der Waals surface area (Å²) in [4.78, 5) is 5.04. The van der Waals surface area contributed by atoms with Crippen molar-refractivity contribution in [3.63, 3.8) is 0 Å². The van der Waals surface area contributed by atoms with Crippen LogP contribution in [0.1, 0.15) is 59.1 Å². The van der Waals surface area contributed by atoms with E-state index in [-0.39, 0.29) is 0 Å². The predicted octanol–water partition coefficient (Wildman–Crippen LogP) is 19.3. The molecule has 12 rings (SSSR count). The summed E-state index contributed by atoms with van der Waals surface area (Å²) in [5, 5.41) is 0. The number of hydrogen-bond donors (Lipinski definition) is 0. The van der Waals surface area contributed by atoms with Crippen molar-refractivity contribution in [2.45, 2.75) is 65.2 Å². The molecule has 2 nitrogen and oxygen atoms in total. The maximum absolute atomic E-state index is 2.52. The first-order valence-corrected chi connectivity index (χ1v) is 26.1. The lowest BCUT2D eigenvalue weighted by molar-refractivity contribution is 0.681. The monoisotopic (exact) mass is 928 g/mol. The quantitative estimate of drug-likeness (QED) is 0.128. The number of rotatable bonds is 11. The van der Waals surface area contributed by atoms with Crippen molar-refractivity contribution in [3.05, 3.63) is 264 Å². The molecule has 72 heavy (non-hydrogen) atoms. The molecule has 0 bridgehead atoms. The fourth-order valence-electron chi connectivity index (χ4n) is 11.4. The first-order valence-electron chi connectivity index (χ1n) is 26.1. The summed E-state index contributed by atoms with van der Waals surface area (Å²) in [6.45, 7) is 4.30. The molecule has 2 aliphatic carbocycles. The molecular formula is C70H60N2. The molecule has 10 aromatic rings. The zero-order valence-electron chi connectivity index (χ0n) is 41.5. The van der Waals surface area contributed by atoms with Gasteiger partial charge >= 0.3 is 0 Å². The van der Waals surface area contributed by atoms with Crippen molar-refractivity contribution in [1.82, 2.24) is 0 Å². The lowest BCUT2D eigenvalue weighted by Gasteiger charge is -2.34. The molecule has 0 unspecified atom stereocenters. The lowest BCUT2D eigenvalue weighted by atomic mass is 9.79. The molecule has 350 valence electrons. The first kappa shape index (κ1) is 45.0. The van der Waals surface area contributed by atoms with Crippen molar-refractivity contribution in [2.75, 3.05) is 9.80 Å². The summed E-state index contributed by atoms with van der Waals surface area (Å²) >= 11 is 0. The van der Waals surface area contributed by atoms with Gasteiger partial charge in [0.1, 0.15) is 0 Å². The second kappa shape index (κ2) is 19.9. The maximum atomic E-state index is 2.52. The van der Waals surface area contributed by atoms with Gasteiger partial charge in [-0.05, 0) is 204 Å². The van der Waals surface area contributed by atoms with Crippen LogP contribution in [0.5, 0.6) is 0 Å². The Bertz CT molecular complexity index is 3230. The van der Waals surface area contributed by atoms with Crippen LogP contribution < -0.4 is 9.80 Å². The Morgan fingerprint density at radius 2 is 0.486 bits per heavy atom. The van der Waals surface area contributed by atoms with E-state index in [1.807, 2.05) is 0 Å². The highest BCUT2D eigenvalue weighted by Gasteiger charge is 2.28. The van der Waals surface area contributed by atoms with Gasteiger partial charge in [0.25, 0.3) is 0 Å². The van der Waals surface area contributed by atoms with E-state index in [1.165, 1.54) is 149 Å². The minimum atomic E-state index is 1.06. The Morgan fingerprint density at radius 3 is 0.778 bits per heavy atom. The first-order chi connectivity index (χ1) is 35.5. The Balaban J connectivity index is 0.965. The average molecular weight is 929 g/mol. The van der Waals surface area contributed by atoms with Crippen molar-refractivity contribution in [1.29, 1.82) is 0 Å². The zero-order valence-corrected chi connectivity index (χ0v) is 41.5. The van der Waals surface area contributed by atoms with Gasteiger partial charge < -0.3 is 9.80 Å². The SMILES string of the molecule is Cc1ccc(-c2ccc(N(c3ccc(-c4ccccc4)cc3)c3ccc(-c4ccc(N(c5ccc(-c6ccccc6)cc5)c5ccc(-c6ccc(C)cc6)cc5)c5c4CCCC5)c4c3CCCC4)cc2)cc1. The Kier molecular flexibility index (Phi) is 12.4. The minimum absolute atomic E-state index is 1.06. The van der Waals surface area contributed by atoms with Gasteiger partial charge in [-0.25, -0.2) is 0 Å². The molecule has 0 heterocycles. The number of nitrogens with zero attached hydrogens (tertiary/aromatic N) is 2. The van der Waals surface area contributed by atoms with E-state index in [0.717, 1.165) is 25.7 Å². The fraction of sp³-hybridized carbons (Fsp3) is 0.143. The Labute approximate surface area is 426 Å². The molecule has 0 N–H and O–H groups in total. The second-order valence-electron chi connectivity index (χ2n) is 19.9. The Morgan fingerprint density at radius 1 is 0.236 bits per heavy atom. The van der Waals surface area contributed by atoms with Crippen LogP contribution >= 0.6 is 0 Å². The van der Waals surface area contributed by atoms with E-state index in [4.69, 9.17) is 0 Å². The summed E-state index contributed by atoms with van der Waals surface area (Å²) < 4.78 is 0. The highest BCUT2D eigenvalue weighted by Crippen LogP contribution is 2.48. The van der Waals surface area contributed by atoms with Gasteiger partial charge in [-0.15, -0.1) is 0 Å². The molecule has 0 aliphatic heterocycles. The normalized spacial score (nSPS) is 13.0. The molecule has 0 atom stereocenters. The summed E-state index contributed by atoms with van der Waals surface area (Å²) in [5.74, 6) is 0. The molecule has 0 saturated carbocycles. The number of benzene rings is 10. The second-order valence-corrected chi connectivity index (χ2v) is 19.9. The van der Waals surface area contributed by atoms with Gasteiger partial charge in [0.2, 0.25) is 0 Å². The van der Waals surface area contributed by atoms with Crippen LogP contribution in [0.15, 0.2) is 231 Å². The van der Waals surface area contributed by atoms with Crippen molar-refractivity contribution >= 4 is 34.1 Å². The highest BCUT2D eigenvalue weighted by molar-refractivity contribution is 5.88. The molecule has 0 radical (unpaired) electrons. The summed E-state index contributed by atoms with van der Waals surface area (Å²) in [6.07, 6.45) is 9.06. The average Bonchev–Trinajstić information content (AvgIpc) is 3.45. The molecule has 0 saturated heterocycles. The largest absolute Gasteiger partial charge is 0.310 e. The van der Waals surface area contributed by atoms with Crippen LogP contribution in [0, 0.1) is 13.8 Å². The van der Waals surface area contributed by atoms with E-state index in [9.17, 15) is 0 Å². The van der Waals surface area contributed by atoms with Crippen LogP contribution in [0.25, 0.3) is 55.6 Å². The molecule has 0 amide bonds. The molecule has 0 aromatic heterocycles. The molecule has 2 aliphatic rings. The number of anilines is 6. The van der Waals surface area contributed by atoms with Crippen LogP contribution in [-0.2, 0) is 25.7 Å². The number of hydrogen-bond acceptors (Lipinski definition) is 2. The van der Waals surface area contributed by atoms with E-state index in [0.29, 0.717) is 0 Å².